The van der Waals surface area contributed by atoms with Gasteiger partial charge in [-0.1, -0.05) is 0 Å². The van der Waals surface area contributed by atoms with Crippen molar-refractivity contribution in [1.82, 2.24) is 9.97 Å². The summed E-state index contributed by atoms with van der Waals surface area (Å²) in [6, 6.07) is 3.68. The number of benzene rings is 3. The van der Waals surface area contributed by atoms with Gasteiger partial charge in [-0.15, -0.1) is 0 Å². The first-order chi connectivity index (χ1) is 16.0. The second-order valence-electron chi connectivity index (χ2n) is 7.20. The van der Waals surface area contributed by atoms with Crippen LogP contribution in [0.15, 0.2) is 33.2 Å². The van der Waals surface area contributed by atoms with Gasteiger partial charge in [-0.25, -0.2) is 35.1 Å². The van der Waals surface area contributed by atoms with Crippen LogP contribution in [0.2, 0.25) is 0 Å². The first-order valence-corrected chi connectivity index (χ1v) is 10.8. The second kappa shape index (κ2) is 7.84. The van der Waals surface area contributed by atoms with Crippen LogP contribution in [-0.4, -0.2) is 9.97 Å². The van der Waals surface area contributed by atoms with E-state index >= 15 is 17.6 Å². The molecule has 2 nitrogen and oxygen atoms in total. The van der Waals surface area contributed by atoms with Crippen molar-refractivity contribution in [3.8, 4) is 22.5 Å². The maximum atomic E-state index is 15.1. The van der Waals surface area contributed by atoms with Gasteiger partial charge in [0.15, 0.2) is 46.5 Å². The highest BCUT2D eigenvalue weighted by atomic mass is 79.9. The van der Waals surface area contributed by atoms with Crippen LogP contribution >= 0.6 is 31.9 Å². The van der Waals surface area contributed by atoms with Gasteiger partial charge >= 0.3 is 0 Å². The fraction of sp³-hybridized carbons (Fsp3) is 0. The Morgan fingerprint density at radius 2 is 0.794 bits per heavy atom. The highest BCUT2D eigenvalue weighted by Crippen LogP contribution is 2.44. The van der Waals surface area contributed by atoms with Crippen LogP contribution in [-0.2, 0) is 0 Å². The predicted molar refractivity (Wildman–Crippen MR) is 116 cm³/mol. The number of aromatic nitrogens is 2. The molecule has 5 rings (SSSR count). The Kier molecular flexibility index (Phi) is 5.28. The first-order valence-electron chi connectivity index (χ1n) is 9.21. The highest BCUT2D eigenvalue weighted by molar-refractivity contribution is 9.11. The zero-order valence-electron chi connectivity index (χ0n) is 16.1. The molecule has 2 aromatic heterocycles. The van der Waals surface area contributed by atoms with Crippen molar-refractivity contribution < 1.29 is 35.1 Å². The van der Waals surface area contributed by atoms with Gasteiger partial charge in [0, 0.05) is 0 Å². The summed E-state index contributed by atoms with van der Waals surface area (Å²) in [6.45, 7) is 0. The number of rotatable bonds is 2. The number of fused-ring (bicyclic) bond motifs is 2. The SMILES string of the molecule is Fc1ccc2[nH]c(-c3c(F)c(F)c(-c4[nH]c5ccc(F)c(F)c5c4Br)c(F)c3F)c(Br)c2c1F. The highest BCUT2D eigenvalue weighted by Gasteiger charge is 2.32. The standard InChI is InChI=1S/C22H6Br2F8N2/c23-13-9-7(3-1-5(25)15(9)27)33-21(13)11-17(29)19(31)12(20(32)18(11)30)22-14(24)10-8(34-22)4-2-6(26)16(10)28/h1-4,33-34H. The third-order valence-electron chi connectivity index (χ3n) is 5.35. The Labute approximate surface area is 200 Å². The van der Waals surface area contributed by atoms with E-state index in [-0.39, 0.29) is 20.0 Å². The summed E-state index contributed by atoms with van der Waals surface area (Å²) in [5.41, 5.74) is -3.79. The molecule has 0 bridgehead atoms. The van der Waals surface area contributed by atoms with Gasteiger partial charge in [-0.05, 0) is 56.1 Å². The summed E-state index contributed by atoms with van der Waals surface area (Å²) in [4.78, 5) is 4.83. The van der Waals surface area contributed by atoms with E-state index in [1.54, 1.807) is 0 Å². The minimum atomic E-state index is -1.86. The number of aromatic amines is 2. The molecule has 2 heterocycles. The number of hydrogen-bond acceptors (Lipinski definition) is 0. The Morgan fingerprint density at radius 1 is 0.471 bits per heavy atom. The van der Waals surface area contributed by atoms with E-state index in [0.717, 1.165) is 24.3 Å². The quantitative estimate of drug-likeness (QED) is 0.148. The van der Waals surface area contributed by atoms with Crippen molar-refractivity contribution in [1.29, 1.82) is 0 Å². The Morgan fingerprint density at radius 3 is 1.12 bits per heavy atom. The van der Waals surface area contributed by atoms with E-state index in [1.807, 2.05) is 0 Å². The maximum Gasteiger partial charge on any atom is 0.172 e. The molecule has 12 heteroatoms. The van der Waals surface area contributed by atoms with Gasteiger partial charge in [0.2, 0.25) is 0 Å². The van der Waals surface area contributed by atoms with Gasteiger partial charge in [0.05, 0.1) is 53.3 Å². The second-order valence-corrected chi connectivity index (χ2v) is 8.79. The monoisotopic (exact) mass is 608 g/mol. The molecule has 0 radical (unpaired) electrons. The van der Waals surface area contributed by atoms with Crippen molar-refractivity contribution in [2.24, 2.45) is 0 Å². The van der Waals surface area contributed by atoms with Gasteiger partial charge < -0.3 is 9.97 Å². The average Bonchev–Trinajstić information content (AvgIpc) is 3.30. The molecule has 34 heavy (non-hydrogen) atoms. The molecule has 0 aliphatic rings. The molecule has 0 amide bonds. The zero-order valence-corrected chi connectivity index (χ0v) is 19.3. The molecule has 0 atom stereocenters. The minimum Gasteiger partial charge on any atom is -0.353 e. The number of hydrogen-bond donors (Lipinski definition) is 2. The minimum absolute atomic E-state index is 0.0969. The molecule has 0 aliphatic heterocycles. The number of halogens is 10. The van der Waals surface area contributed by atoms with Gasteiger partial charge in [0.25, 0.3) is 0 Å². The van der Waals surface area contributed by atoms with Crippen LogP contribution in [0.1, 0.15) is 0 Å². The summed E-state index contributed by atoms with van der Waals surface area (Å²) < 4.78 is 115. The molecule has 2 N–H and O–H groups in total. The Hall–Kier alpha value is -2.86. The van der Waals surface area contributed by atoms with Crippen molar-refractivity contribution in [2.45, 2.75) is 0 Å². The van der Waals surface area contributed by atoms with E-state index < -0.39 is 79.8 Å². The molecule has 3 aromatic carbocycles. The Bertz CT molecular complexity index is 1520. The van der Waals surface area contributed by atoms with Crippen LogP contribution in [0.5, 0.6) is 0 Å². The summed E-state index contributed by atoms with van der Waals surface area (Å²) in [5.74, 6) is -12.6. The lowest BCUT2D eigenvalue weighted by molar-refractivity contribution is 0.462. The molecule has 0 saturated carbocycles. The van der Waals surface area contributed by atoms with Crippen LogP contribution < -0.4 is 0 Å². The summed E-state index contributed by atoms with van der Waals surface area (Å²) in [7, 11) is 0. The van der Waals surface area contributed by atoms with Gasteiger partial charge in [-0.2, -0.15) is 0 Å². The summed E-state index contributed by atoms with van der Waals surface area (Å²) in [6.07, 6.45) is 0. The van der Waals surface area contributed by atoms with Crippen LogP contribution in [0, 0.1) is 46.5 Å². The smallest absolute Gasteiger partial charge is 0.172 e. The topological polar surface area (TPSA) is 31.6 Å². The van der Waals surface area contributed by atoms with Crippen LogP contribution in [0.25, 0.3) is 44.3 Å². The normalized spacial score (nSPS) is 11.8. The summed E-state index contributed by atoms with van der Waals surface area (Å²) >= 11 is 5.79. The average molecular weight is 610 g/mol. The molecule has 0 saturated heterocycles. The summed E-state index contributed by atoms with van der Waals surface area (Å²) in [5, 5.41) is -0.843. The van der Waals surface area contributed by atoms with E-state index in [0.29, 0.717) is 0 Å². The van der Waals surface area contributed by atoms with Gasteiger partial charge in [0.1, 0.15) is 0 Å². The molecule has 0 unspecified atom stereocenters. The van der Waals surface area contributed by atoms with Crippen molar-refractivity contribution in [3.63, 3.8) is 0 Å². The van der Waals surface area contributed by atoms with E-state index in [4.69, 9.17) is 0 Å². The molecule has 0 aliphatic carbocycles. The zero-order chi connectivity index (χ0) is 24.6. The molecular formula is C22H6Br2F8N2. The lowest BCUT2D eigenvalue weighted by Crippen LogP contribution is -2.04. The first kappa shape index (κ1) is 22.9. The molecular weight excluding hydrogens is 604 g/mol. The maximum absolute atomic E-state index is 15.1. The molecule has 5 aromatic rings. The van der Waals surface area contributed by atoms with E-state index in [2.05, 4.69) is 41.8 Å². The van der Waals surface area contributed by atoms with Crippen LogP contribution in [0.3, 0.4) is 0 Å². The largest absolute Gasteiger partial charge is 0.353 e. The fourth-order valence-corrected chi connectivity index (χ4v) is 5.15. The van der Waals surface area contributed by atoms with Crippen LogP contribution in [0.4, 0.5) is 35.1 Å². The Balaban J connectivity index is 1.81. The molecule has 0 spiro atoms. The van der Waals surface area contributed by atoms with Crippen molar-refractivity contribution >= 4 is 53.7 Å². The lowest BCUT2D eigenvalue weighted by Gasteiger charge is -2.11. The number of nitrogens with one attached hydrogen (secondary N) is 2. The third kappa shape index (κ3) is 3.04. The van der Waals surface area contributed by atoms with E-state index in [1.165, 1.54) is 0 Å². The van der Waals surface area contributed by atoms with Crippen molar-refractivity contribution in [2.75, 3.05) is 0 Å². The third-order valence-corrected chi connectivity index (χ3v) is 6.94. The van der Waals surface area contributed by atoms with Crippen molar-refractivity contribution in [3.05, 3.63) is 79.7 Å². The number of H-pyrrole nitrogens is 2. The lowest BCUT2D eigenvalue weighted by atomic mass is 10.0. The predicted octanol–water partition coefficient (Wildman–Crippen LogP) is 8.62. The fourth-order valence-electron chi connectivity index (χ4n) is 3.78. The van der Waals surface area contributed by atoms with E-state index in [9.17, 15) is 17.6 Å². The molecule has 0 fully saturated rings. The van der Waals surface area contributed by atoms with Gasteiger partial charge in [-0.3, -0.25) is 0 Å². The molecule has 174 valence electrons.